The minimum atomic E-state index is 0.0445. The number of hydrogen-bond donors (Lipinski definition) is 2. The summed E-state index contributed by atoms with van der Waals surface area (Å²) >= 11 is 0. The Bertz CT molecular complexity index is 512. The topological polar surface area (TPSA) is 75.4 Å². The van der Waals surface area contributed by atoms with Gasteiger partial charge < -0.3 is 16.0 Å². The first-order chi connectivity index (χ1) is 11.4. The van der Waals surface area contributed by atoms with Crippen LogP contribution in [0.3, 0.4) is 0 Å². The van der Waals surface area contributed by atoms with E-state index in [0.29, 0.717) is 13.0 Å². The van der Waals surface area contributed by atoms with E-state index < -0.39 is 0 Å². The fraction of sp³-hybridized carbons (Fsp3) is 0.579. The molecule has 2 amide bonds. The zero-order valence-corrected chi connectivity index (χ0v) is 15.2. The van der Waals surface area contributed by atoms with Gasteiger partial charge in [-0.3, -0.25) is 9.59 Å². The Balaban J connectivity index is 2.44. The van der Waals surface area contributed by atoms with E-state index in [1.807, 2.05) is 43.0 Å². The number of amides is 2. The molecule has 5 heteroatoms. The van der Waals surface area contributed by atoms with Crippen LogP contribution in [0.5, 0.6) is 0 Å². The third-order valence-corrected chi connectivity index (χ3v) is 3.98. The predicted octanol–water partition coefficient (Wildman–Crippen LogP) is 3.29. The summed E-state index contributed by atoms with van der Waals surface area (Å²) < 4.78 is 0. The summed E-state index contributed by atoms with van der Waals surface area (Å²) in [5.74, 6) is 0.111. The zero-order valence-electron chi connectivity index (χ0n) is 15.2. The Morgan fingerprint density at radius 2 is 1.71 bits per heavy atom. The first-order valence-corrected chi connectivity index (χ1v) is 8.80. The zero-order chi connectivity index (χ0) is 17.9. The van der Waals surface area contributed by atoms with Crippen molar-refractivity contribution in [3.63, 3.8) is 0 Å². The molecule has 0 fully saturated rings. The van der Waals surface area contributed by atoms with Gasteiger partial charge >= 0.3 is 0 Å². The van der Waals surface area contributed by atoms with Crippen molar-refractivity contribution in [3.8, 4) is 0 Å². The molecule has 1 aromatic rings. The maximum absolute atomic E-state index is 11.9. The highest BCUT2D eigenvalue weighted by Crippen LogP contribution is 2.14. The van der Waals surface area contributed by atoms with Gasteiger partial charge in [0.05, 0.1) is 0 Å². The van der Waals surface area contributed by atoms with Crippen molar-refractivity contribution >= 4 is 17.5 Å². The predicted molar refractivity (Wildman–Crippen MR) is 98.6 cm³/mol. The number of nitrogens with two attached hydrogens (primary N) is 1. The van der Waals surface area contributed by atoms with Gasteiger partial charge in [0, 0.05) is 31.6 Å². The van der Waals surface area contributed by atoms with Gasteiger partial charge in [0.15, 0.2) is 0 Å². The smallest absolute Gasteiger partial charge is 0.224 e. The molecule has 0 radical (unpaired) electrons. The van der Waals surface area contributed by atoms with Crippen LogP contribution in [0.25, 0.3) is 0 Å². The molecule has 1 rings (SSSR count). The van der Waals surface area contributed by atoms with Gasteiger partial charge in [0.1, 0.15) is 0 Å². The van der Waals surface area contributed by atoms with Crippen molar-refractivity contribution in [2.75, 3.05) is 11.9 Å². The van der Waals surface area contributed by atoms with Crippen LogP contribution in [0.2, 0.25) is 0 Å². The Labute approximate surface area is 145 Å². The summed E-state index contributed by atoms with van der Waals surface area (Å²) in [5.41, 5.74) is 7.30. The maximum atomic E-state index is 11.9. The summed E-state index contributed by atoms with van der Waals surface area (Å²) in [4.78, 5) is 25.3. The van der Waals surface area contributed by atoms with E-state index in [1.54, 1.807) is 6.92 Å². The first-order valence-electron chi connectivity index (χ1n) is 8.80. The molecule has 134 valence electrons. The summed E-state index contributed by atoms with van der Waals surface area (Å²) in [7, 11) is 0. The number of carbonyl (C=O) groups excluding carboxylic acids is 2. The fourth-order valence-corrected chi connectivity index (χ4v) is 2.55. The van der Waals surface area contributed by atoms with Gasteiger partial charge in [-0.15, -0.1) is 0 Å². The molecule has 24 heavy (non-hydrogen) atoms. The van der Waals surface area contributed by atoms with Gasteiger partial charge in [-0.05, 0) is 50.9 Å². The van der Waals surface area contributed by atoms with Crippen molar-refractivity contribution in [1.29, 1.82) is 0 Å². The SMILES string of the molecule is CC(=O)N(Cc1ccc(NC(=O)CCCCCCN)cc1)C(C)C. The number of nitrogens with zero attached hydrogens (tertiary/aromatic N) is 1. The Hall–Kier alpha value is -1.88. The number of anilines is 1. The van der Waals surface area contributed by atoms with Crippen LogP contribution in [-0.2, 0) is 16.1 Å². The molecule has 0 saturated carbocycles. The highest BCUT2D eigenvalue weighted by molar-refractivity contribution is 5.90. The second-order valence-electron chi connectivity index (χ2n) is 6.44. The molecule has 1 aromatic carbocycles. The van der Waals surface area contributed by atoms with E-state index in [0.717, 1.165) is 43.5 Å². The van der Waals surface area contributed by atoms with Crippen molar-refractivity contribution in [2.45, 2.75) is 65.5 Å². The second-order valence-corrected chi connectivity index (χ2v) is 6.44. The largest absolute Gasteiger partial charge is 0.336 e. The minimum Gasteiger partial charge on any atom is -0.336 e. The maximum Gasteiger partial charge on any atom is 0.224 e. The van der Waals surface area contributed by atoms with Crippen LogP contribution < -0.4 is 11.1 Å². The molecular formula is C19H31N3O2. The Kier molecular flexibility index (Phi) is 9.08. The standard InChI is InChI=1S/C19H31N3O2/c1-15(2)22(16(3)23)14-17-9-11-18(12-10-17)21-19(24)8-6-4-5-7-13-20/h9-12,15H,4-8,13-14,20H2,1-3H3,(H,21,24). The fourth-order valence-electron chi connectivity index (χ4n) is 2.55. The molecule has 0 saturated heterocycles. The lowest BCUT2D eigenvalue weighted by Crippen LogP contribution is -2.34. The lowest BCUT2D eigenvalue weighted by molar-refractivity contribution is -0.131. The summed E-state index contributed by atoms with van der Waals surface area (Å²) in [5, 5.41) is 2.91. The van der Waals surface area contributed by atoms with Gasteiger partial charge in [-0.2, -0.15) is 0 Å². The number of hydrogen-bond acceptors (Lipinski definition) is 3. The van der Waals surface area contributed by atoms with Crippen LogP contribution in [0, 0.1) is 0 Å². The lowest BCUT2D eigenvalue weighted by Gasteiger charge is -2.25. The van der Waals surface area contributed by atoms with E-state index in [9.17, 15) is 9.59 Å². The molecule has 0 heterocycles. The quantitative estimate of drug-likeness (QED) is 0.645. The average molecular weight is 333 g/mol. The molecular weight excluding hydrogens is 302 g/mol. The van der Waals surface area contributed by atoms with Crippen LogP contribution in [0.4, 0.5) is 5.69 Å². The van der Waals surface area contributed by atoms with Crippen molar-refractivity contribution in [2.24, 2.45) is 5.73 Å². The minimum absolute atomic E-state index is 0.0445. The molecule has 0 aliphatic carbocycles. The first kappa shape index (κ1) is 20.2. The summed E-state index contributed by atoms with van der Waals surface area (Å²) in [6, 6.07) is 7.85. The number of rotatable bonds is 10. The molecule has 0 aliphatic heterocycles. The number of unbranched alkanes of at least 4 members (excludes halogenated alkanes) is 3. The highest BCUT2D eigenvalue weighted by atomic mass is 16.2. The molecule has 3 N–H and O–H groups in total. The number of nitrogens with one attached hydrogen (secondary N) is 1. The van der Waals surface area contributed by atoms with Gasteiger partial charge in [0.25, 0.3) is 0 Å². The van der Waals surface area contributed by atoms with Crippen LogP contribution in [0.1, 0.15) is 58.4 Å². The van der Waals surface area contributed by atoms with E-state index >= 15 is 0 Å². The summed E-state index contributed by atoms with van der Waals surface area (Å²) in [6.45, 7) is 6.90. The molecule has 0 aromatic heterocycles. The summed E-state index contributed by atoms with van der Waals surface area (Å²) in [6.07, 6.45) is 4.58. The van der Waals surface area contributed by atoms with Crippen molar-refractivity contribution in [1.82, 2.24) is 4.90 Å². The molecule has 0 bridgehead atoms. The molecule has 0 aliphatic rings. The molecule has 5 nitrogen and oxygen atoms in total. The molecule has 0 atom stereocenters. The van der Waals surface area contributed by atoms with Crippen LogP contribution >= 0.6 is 0 Å². The second kappa shape index (κ2) is 10.8. The van der Waals surface area contributed by atoms with Crippen molar-refractivity contribution < 1.29 is 9.59 Å². The van der Waals surface area contributed by atoms with E-state index in [2.05, 4.69) is 5.32 Å². The third-order valence-electron chi connectivity index (χ3n) is 3.98. The number of benzene rings is 1. The average Bonchev–Trinajstić information content (AvgIpc) is 2.53. The lowest BCUT2D eigenvalue weighted by atomic mass is 10.1. The monoisotopic (exact) mass is 333 g/mol. The van der Waals surface area contributed by atoms with Gasteiger partial charge in [-0.25, -0.2) is 0 Å². The molecule has 0 unspecified atom stereocenters. The van der Waals surface area contributed by atoms with Crippen LogP contribution in [0.15, 0.2) is 24.3 Å². The highest BCUT2D eigenvalue weighted by Gasteiger charge is 2.13. The van der Waals surface area contributed by atoms with E-state index in [-0.39, 0.29) is 17.9 Å². The van der Waals surface area contributed by atoms with Crippen molar-refractivity contribution in [3.05, 3.63) is 29.8 Å². The van der Waals surface area contributed by atoms with Crippen LogP contribution in [-0.4, -0.2) is 29.3 Å². The van der Waals surface area contributed by atoms with Gasteiger partial charge in [0.2, 0.25) is 11.8 Å². The van der Waals surface area contributed by atoms with Gasteiger partial charge in [-0.1, -0.05) is 25.0 Å². The molecule has 0 spiro atoms. The normalized spacial score (nSPS) is 10.7. The Morgan fingerprint density at radius 3 is 2.25 bits per heavy atom. The van der Waals surface area contributed by atoms with E-state index in [4.69, 9.17) is 5.73 Å². The Morgan fingerprint density at radius 1 is 1.08 bits per heavy atom. The number of carbonyl (C=O) groups is 2. The third kappa shape index (κ3) is 7.59. The van der Waals surface area contributed by atoms with E-state index in [1.165, 1.54) is 0 Å².